The van der Waals surface area contributed by atoms with Gasteiger partial charge in [0.25, 0.3) is 0 Å². The lowest BCUT2D eigenvalue weighted by atomic mass is 9.86. The van der Waals surface area contributed by atoms with Crippen LogP contribution in [0.2, 0.25) is 0 Å². The minimum Gasteiger partial charge on any atom is -0.294 e. The van der Waals surface area contributed by atoms with E-state index in [1.54, 1.807) is 20.0 Å². The first kappa shape index (κ1) is 20.3. The molecule has 2 aliphatic heterocycles. The van der Waals surface area contributed by atoms with Crippen molar-refractivity contribution >= 4 is 0 Å². The van der Waals surface area contributed by atoms with Crippen LogP contribution in [-0.2, 0) is 20.0 Å². The molecule has 0 saturated carbocycles. The molecule has 0 aliphatic carbocycles. The molecule has 5 nitrogen and oxygen atoms in total. The van der Waals surface area contributed by atoms with Crippen LogP contribution >= 0.6 is 0 Å². The molecule has 2 saturated heterocycles. The number of halogens is 2. The minimum absolute atomic E-state index is 0.00711. The molecule has 4 rings (SSSR count). The summed E-state index contributed by atoms with van der Waals surface area (Å²) < 4.78 is 31.3. The van der Waals surface area contributed by atoms with Crippen LogP contribution in [0.25, 0.3) is 0 Å². The molecule has 7 heteroatoms. The molecule has 2 unspecified atom stereocenters. The van der Waals surface area contributed by atoms with Gasteiger partial charge in [0.05, 0.1) is 6.54 Å². The third-order valence-corrected chi connectivity index (χ3v) is 6.80. The van der Waals surface area contributed by atoms with E-state index in [0.29, 0.717) is 30.4 Å². The van der Waals surface area contributed by atoms with Crippen LogP contribution in [0.15, 0.2) is 29.1 Å². The fourth-order valence-electron chi connectivity index (χ4n) is 5.17. The zero-order chi connectivity index (χ0) is 20.5. The van der Waals surface area contributed by atoms with Gasteiger partial charge >= 0.3 is 5.69 Å². The Morgan fingerprint density at radius 2 is 1.86 bits per heavy atom. The van der Waals surface area contributed by atoms with Crippen molar-refractivity contribution in [2.75, 3.05) is 6.54 Å². The van der Waals surface area contributed by atoms with E-state index in [9.17, 15) is 13.6 Å². The van der Waals surface area contributed by atoms with Gasteiger partial charge in [0.1, 0.15) is 17.8 Å². The molecular weight excluding hydrogens is 374 g/mol. The Balaban J connectivity index is 1.31. The lowest BCUT2D eigenvalue weighted by Crippen LogP contribution is -2.46. The van der Waals surface area contributed by atoms with E-state index in [0.717, 1.165) is 44.1 Å². The van der Waals surface area contributed by atoms with Crippen molar-refractivity contribution in [2.45, 2.75) is 70.2 Å². The van der Waals surface area contributed by atoms with Gasteiger partial charge in [-0.15, -0.1) is 0 Å². The van der Waals surface area contributed by atoms with E-state index in [-0.39, 0.29) is 18.1 Å². The number of aromatic nitrogens is 3. The van der Waals surface area contributed by atoms with Gasteiger partial charge in [0.15, 0.2) is 0 Å². The maximum Gasteiger partial charge on any atom is 0.345 e. The van der Waals surface area contributed by atoms with Gasteiger partial charge < -0.3 is 0 Å². The Bertz CT molecular complexity index is 894. The Kier molecular flexibility index (Phi) is 5.86. The predicted octanol–water partition coefficient (Wildman–Crippen LogP) is 3.24. The third kappa shape index (κ3) is 4.29. The Labute approximate surface area is 170 Å². The SMILES string of the molecule is Cc1nn(C[C@H](F)CN2C3CCC2CC(CCc2ccccc2F)C3)c(=O)n1C. The summed E-state index contributed by atoms with van der Waals surface area (Å²) in [6.07, 6.45) is 4.97. The molecule has 3 heterocycles. The summed E-state index contributed by atoms with van der Waals surface area (Å²) in [6.45, 7) is 2.11. The van der Waals surface area contributed by atoms with Gasteiger partial charge in [0.2, 0.25) is 0 Å². The molecule has 1 aromatic carbocycles. The largest absolute Gasteiger partial charge is 0.345 e. The molecule has 0 spiro atoms. The highest BCUT2D eigenvalue weighted by Crippen LogP contribution is 2.40. The number of alkyl halides is 1. The monoisotopic (exact) mass is 404 g/mol. The zero-order valence-electron chi connectivity index (χ0n) is 17.2. The maximum atomic E-state index is 14.8. The number of hydrogen-bond donors (Lipinski definition) is 0. The number of benzene rings is 1. The number of fused-ring (bicyclic) bond motifs is 2. The van der Waals surface area contributed by atoms with Crippen LogP contribution in [0.5, 0.6) is 0 Å². The smallest absolute Gasteiger partial charge is 0.294 e. The Morgan fingerprint density at radius 1 is 1.17 bits per heavy atom. The summed E-state index contributed by atoms with van der Waals surface area (Å²) in [5.74, 6) is 1.05. The van der Waals surface area contributed by atoms with Crippen molar-refractivity contribution in [3.8, 4) is 0 Å². The molecule has 29 heavy (non-hydrogen) atoms. The van der Waals surface area contributed by atoms with Gasteiger partial charge in [-0.3, -0.25) is 9.47 Å². The predicted molar refractivity (Wildman–Crippen MR) is 108 cm³/mol. The van der Waals surface area contributed by atoms with Crippen LogP contribution in [0.3, 0.4) is 0 Å². The van der Waals surface area contributed by atoms with Crippen LogP contribution in [-0.4, -0.2) is 44.0 Å². The van der Waals surface area contributed by atoms with Crippen LogP contribution < -0.4 is 5.69 Å². The Morgan fingerprint density at radius 3 is 2.48 bits per heavy atom. The summed E-state index contributed by atoms with van der Waals surface area (Å²) >= 11 is 0. The maximum absolute atomic E-state index is 14.8. The number of rotatable bonds is 7. The first-order valence-corrected chi connectivity index (χ1v) is 10.7. The summed E-state index contributed by atoms with van der Waals surface area (Å²) in [4.78, 5) is 14.4. The van der Waals surface area contributed by atoms with Crippen molar-refractivity contribution in [1.29, 1.82) is 0 Å². The number of aryl methyl sites for hydroxylation is 2. The highest BCUT2D eigenvalue weighted by molar-refractivity contribution is 5.17. The standard InChI is InChI=1S/C22H30F2N4O/c1-15-25-28(22(29)26(15)2)14-18(23)13-27-19-9-10-20(27)12-16(11-19)7-8-17-5-3-4-6-21(17)24/h3-6,16,18-20H,7-14H2,1-2H3/t16?,18-,19?,20?/m1/s1. The number of hydrogen-bond acceptors (Lipinski definition) is 3. The fraction of sp³-hybridized carbons (Fsp3) is 0.636. The highest BCUT2D eigenvalue weighted by atomic mass is 19.1. The Hall–Kier alpha value is -2.02. The van der Waals surface area contributed by atoms with Crippen molar-refractivity contribution in [3.05, 3.63) is 52.0 Å². The summed E-state index contributed by atoms with van der Waals surface area (Å²) in [6, 6.07) is 7.82. The van der Waals surface area contributed by atoms with Crippen molar-refractivity contribution < 1.29 is 8.78 Å². The number of piperidine rings is 1. The third-order valence-electron chi connectivity index (χ3n) is 6.80. The minimum atomic E-state index is -1.11. The van der Waals surface area contributed by atoms with Gasteiger partial charge in [-0.05, 0) is 63.0 Å². The molecule has 1 aromatic heterocycles. The van der Waals surface area contributed by atoms with Crippen molar-refractivity contribution in [3.63, 3.8) is 0 Å². The van der Waals surface area contributed by atoms with E-state index >= 15 is 0 Å². The van der Waals surface area contributed by atoms with Crippen LogP contribution in [0.1, 0.15) is 43.5 Å². The topological polar surface area (TPSA) is 43.1 Å². The van der Waals surface area contributed by atoms with Crippen molar-refractivity contribution in [1.82, 2.24) is 19.2 Å². The van der Waals surface area contributed by atoms with Gasteiger partial charge in [-0.2, -0.15) is 5.10 Å². The second-order valence-electron chi connectivity index (χ2n) is 8.72. The van der Waals surface area contributed by atoms with Crippen LogP contribution in [0, 0.1) is 18.7 Å². The van der Waals surface area contributed by atoms with Crippen LogP contribution in [0.4, 0.5) is 8.78 Å². The fourth-order valence-corrected chi connectivity index (χ4v) is 5.17. The molecule has 0 amide bonds. The van der Waals surface area contributed by atoms with Gasteiger partial charge in [0, 0.05) is 25.7 Å². The van der Waals surface area contributed by atoms with Gasteiger partial charge in [-0.1, -0.05) is 18.2 Å². The zero-order valence-corrected chi connectivity index (χ0v) is 17.2. The first-order valence-electron chi connectivity index (χ1n) is 10.7. The molecule has 0 N–H and O–H groups in total. The van der Waals surface area contributed by atoms with E-state index in [1.165, 1.54) is 15.3 Å². The second-order valence-corrected chi connectivity index (χ2v) is 8.72. The average Bonchev–Trinajstić information content (AvgIpc) is 3.06. The molecule has 158 valence electrons. The first-order chi connectivity index (χ1) is 13.9. The summed E-state index contributed by atoms with van der Waals surface area (Å²) in [7, 11) is 1.65. The second kappa shape index (κ2) is 8.38. The summed E-state index contributed by atoms with van der Waals surface area (Å²) in [5.41, 5.74) is 0.530. The molecule has 2 aromatic rings. The quantitative estimate of drug-likeness (QED) is 0.712. The van der Waals surface area contributed by atoms with Crippen molar-refractivity contribution in [2.24, 2.45) is 13.0 Å². The lowest BCUT2D eigenvalue weighted by molar-refractivity contribution is 0.0673. The number of nitrogens with zero attached hydrogens (tertiary/aromatic N) is 4. The van der Waals surface area contributed by atoms with Gasteiger partial charge in [-0.25, -0.2) is 18.3 Å². The van der Waals surface area contributed by atoms with E-state index in [4.69, 9.17) is 0 Å². The molecule has 2 aliphatic rings. The van der Waals surface area contributed by atoms with E-state index < -0.39 is 6.17 Å². The average molecular weight is 405 g/mol. The lowest BCUT2D eigenvalue weighted by Gasteiger charge is -2.39. The van der Waals surface area contributed by atoms with E-state index in [1.807, 2.05) is 12.1 Å². The van der Waals surface area contributed by atoms with E-state index in [2.05, 4.69) is 10.00 Å². The molecule has 2 fully saturated rings. The molecule has 3 atom stereocenters. The normalized spacial score (nSPS) is 25.4. The summed E-state index contributed by atoms with van der Waals surface area (Å²) in [5, 5.41) is 4.15. The molecular formula is C22H30F2N4O. The molecule has 0 radical (unpaired) electrons. The molecule has 2 bridgehead atoms. The highest BCUT2D eigenvalue weighted by Gasteiger charge is 2.41.